The van der Waals surface area contributed by atoms with E-state index in [1.54, 1.807) is 6.07 Å². The zero-order valence-corrected chi connectivity index (χ0v) is 10.8. The van der Waals surface area contributed by atoms with E-state index < -0.39 is 18.4 Å². The summed E-state index contributed by atoms with van der Waals surface area (Å²) in [6, 6.07) is 4.36. The summed E-state index contributed by atoms with van der Waals surface area (Å²) < 4.78 is 54.3. The van der Waals surface area contributed by atoms with Crippen LogP contribution in [-0.4, -0.2) is 19.3 Å². The van der Waals surface area contributed by atoms with Crippen LogP contribution in [0.25, 0.3) is 0 Å². The molecule has 1 aromatic rings. The standard InChI is InChI=1S/C14H15F4NO/c15-13-9-11(3-1-7-19)4-5-12(13)10-20-8-2-6-14(16,17)18/h4-5,9H,2,6-8,10,19H2. The van der Waals surface area contributed by atoms with E-state index in [1.165, 1.54) is 12.1 Å². The highest BCUT2D eigenvalue weighted by Gasteiger charge is 2.25. The summed E-state index contributed by atoms with van der Waals surface area (Å²) in [6.45, 7) is 0.0632. The Balaban J connectivity index is 2.41. The molecule has 0 atom stereocenters. The van der Waals surface area contributed by atoms with E-state index in [2.05, 4.69) is 11.8 Å². The van der Waals surface area contributed by atoms with Gasteiger partial charge in [-0.3, -0.25) is 0 Å². The van der Waals surface area contributed by atoms with E-state index >= 15 is 0 Å². The molecule has 20 heavy (non-hydrogen) atoms. The predicted molar refractivity (Wildman–Crippen MR) is 67.3 cm³/mol. The number of nitrogens with two attached hydrogens (primary N) is 1. The molecular formula is C14H15F4NO. The van der Waals surface area contributed by atoms with Crippen LogP contribution in [0.4, 0.5) is 17.6 Å². The molecule has 6 heteroatoms. The molecule has 0 radical (unpaired) electrons. The fourth-order valence-corrected chi connectivity index (χ4v) is 1.45. The van der Waals surface area contributed by atoms with Crippen molar-refractivity contribution >= 4 is 0 Å². The van der Waals surface area contributed by atoms with Crippen molar-refractivity contribution in [2.75, 3.05) is 13.2 Å². The van der Waals surface area contributed by atoms with Crippen molar-refractivity contribution in [3.8, 4) is 11.8 Å². The first-order valence-electron chi connectivity index (χ1n) is 6.04. The van der Waals surface area contributed by atoms with E-state index in [0.29, 0.717) is 5.56 Å². The van der Waals surface area contributed by atoms with Gasteiger partial charge in [0.05, 0.1) is 13.2 Å². The van der Waals surface area contributed by atoms with Gasteiger partial charge in [-0.1, -0.05) is 17.9 Å². The number of halogens is 4. The van der Waals surface area contributed by atoms with Crippen LogP contribution in [0.3, 0.4) is 0 Å². The molecule has 110 valence electrons. The van der Waals surface area contributed by atoms with Gasteiger partial charge in [0.1, 0.15) is 5.82 Å². The van der Waals surface area contributed by atoms with Crippen molar-refractivity contribution in [3.63, 3.8) is 0 Å². The average Bonchev–Trinajstić information content (AvgIpc) is 2.36. The third kappa shape index (κ3) is 6.55. The second kappa shape index (κ2) is 7.88. The molecule has 0 amide bonds. The van der Waals surface area contributed by atoms with Crippen molar-refractivity contribution in [2.24, 2.45) is 5.73 Å². The smallest absolute Gasteiger partial charge is 0.377 e. The molecule has 0 aromatic heterocycles. The van der Waals surface area contributed by atoms with Gasteiger partial charge in [0.2, 0.25) is 0 Å². The summed E-state index contributed by atoms with van der Waals surface area (Å²) in [5.41, 5.74) is 5.98. The zero-order chi connectivity index (χ0) is 15.0. The van der Waals surface area contributed by atoms with Crippen molar-refractivity contribution in [2.45, 2.75) is 25.6 Å². The Morgan fingerprint density at radius 1 is 1.25 bits per heavy atom. The van der Waals surface area contributed by atoms with Gasteiger partial charge in [-0.05, 0) is 18.6 Å². The lowest BCUT2D eigenvalue weighted by Crippen LogP contribution is -2.09. The topological polar surface area (TPSA) is 35.2 Å². The molecule has 0 spiro atoms. The molecule has 0 aliphatic heterocycles. The molecular weight excluding hydrogens is 274 g/mol. The molecule has 0 saturated heterocycles. The van der Waals surface area contributed by atoms with E-state index in [-0.39, 0.29) is 31.7 Å². The van der Waals surface area contributed by atoms with Gasteiger partial charge >= 0.3 is 6.18 Å². The van der Waals surface area contributed by atoms with E-state index in [1.807, 2.05) is 0 Å². The van der Waals surface area contributed by atoms with Crippen molar-refractivity contribution in [1.82, 2.24) is 0 Å². The number of ether oxygens (including phenoxy) is 1. The Hall–Kier alpha value is -1.58. The molecule has 1 aromatic carbocycles. The molecule has 0 aliphatic rings. The first-order valence-corrected chi connectivity index (χ1v) is 6.04. The molecule has 1 rings (SSSR count). The van der Waals surface area contributed by atoms with Gasteiger partial charge in [0.25, 0.3) is 0 Å². The third-order valence-electron chi connectivity index (χ3n) is 2.39. The van der Waals surface area contributed by atoms with Crippen molar-refractivity contribution < 1.29 is 22.3 Å². The molecule has 0 aliphatic carbocycles. The summed E-state index contributed by atoms with van der Waals surface area (Å²) in [5, 5.41) is 0. The zero-order valence-electron chi connectivity index (χ0n) is 10.8. The predicted octanol–water partition coefficient (Wildman–Crippen LogP) is 3.00. The fraction of sp³-hybridized carbons (Fsp3) is 0.429. The number of hydrogen-bond donors (Lipinski definition) is 1. The molecule has 0 saturated carbocycles. The SMILES string of the molecule is NCC#Cc1ccc(COCCCC(F)(F)F)c(F)c1. The molecule has 2 nitrogen and oxygen atoms in total. The Morgan fingerprint density at radius 3 is 2.60 bits per heavy atom. The summed E-state index contributed by atoms with van der Waals surface area (Å²) in [5.74, 6) is 4.79. The Labute approximate surface area is 114 Å². The van der Waals surface area contributed by atoms with Crippen LogP contribution >= 0.6 is 0 Å². The van der Waals surface area contributed by atoms with Gasteiger partial charge in [-0.25, -0.2) is 4.39 Å². The van der Waals surface area contributed by atoms with Gasteiger partial charge in [0, 0.05) is 24.2 Å². The minimum absolute atomic E-state index is 0.0612. The van der Waals surface area contributed by atoms with Crippen LogP contribution in [-0.2, 0) is 11.3 Å². The summed E-state index contributed by atoms with van der Waals surface area (Å²) in [7, 11) is 0. The lowest BCUT2D eigenvalue weighted by atomic mass is 10.1. The lowest BCUT2D eigenvalue weighted by Gasteiger charge is -2.07. The van der Waals surface area contributed by atoms with E-state index in [9.17, 15) is 17.6 Å². The summed E-state index contributed by atoms with van der Waals surface area (Å²) in [4.78, 5) is 0. The fourth-order valence-electron chi connectivity index (χ4n) is 1.45. The largest absolute Gasteiger partial charge is 0.389 e. The van der Waals surface area contributed by atoms with Gasteiger partial charge < -0.3 is 10.5 Å². The normalized spacial score (nSPS) is 11.1. The first kappa shape index (κ1) is 16.5. The second-order valence-electron chi connectivity index (χ2n) is 4.08. The van der Waals surface area contributed by atoms with Crippen LogP contribution in [0.2, 0.25) is 0 Å². The number of benzene rings is 1. The second-order valence-corrected chi connectivity index (χ2v) is 4.08. The van der Waals surface area contributed by atoms with Crippen LogP contribution in [0, 0.1) is 17.7 Å². The maximum atomic E-state index is 13.6. The third-order valence-corrected chi connectivity index (χ3v) is 2.39. The first-order chi connectivity index (χ1) is 9.42. The minimum atomic E-state index is -4.18. The average molecular weight is 289 g/mol. The highest BCUT2D eigenvalue weighted by molar-refractivity contribution is 5.37. The Kier molecular flexibility index (Phi) is 6.49. The highest BCUT2D eigenvalue weighted by Crippen LogP contribution is 2.21. The molecule has 0 fully saturated rings. The minimum Gasteiger partial charge on any atom is -0.377 e. The van der Waals surface area contributed by atoms with Gasteiger partial charge in [-0.15, -0.1) is 0 Å². The summed E-state index contributed by atoms with van der Waals surface area (Å²) in [6.07, 6.45) is -5.22. The van der Waals surface area contributed by atoms with Crippen molar-refractivity contribution in [3.05, 3.63) is 35.1 Å². The van der Waals surface area contributed by atoms with Gasteiger partial charge in [0.15, 0.2) is 0 Å². The Morgan fingerprint density at radius 2 is 2.00 bits per heavy atom. The van der Waals surface area contributed by atoms with Crippen LogP contribution in [0.1, 0.15) is 24.0 Å². The van der Waals surface area contributed by atoms with E-state index in [4.69, 9.17) is 10.5 Å². The van der Waals surface area contributed by atoms with Crippen LogP contribution < -0.4 is 5.73 Å². The quantitative estimate of drug-likeness (QED) is 0.514. The maximum absolute atomic E-state index is 13.6. The van der Waals surface area contributed by atoms with Crippen LogP contribution in [0.5, 0.6) is 0 Å². The molecule has 2 N–H and O–H groups in total. The maximum Gasteiger partial charge on any atom is 0.389 e. The molecule has 0 bridgehead atoms. The molecule has 0 unspecified atom stereocenters. The monoisotopic (exact) mass is 289 g/mol. The Bertz CT molecular complexity index is 488. The summed E-state index contributed by atoms with van der Waals surface area (Å²) >= 11 is 0. The number of alkyl halides is 3. The van der Waals surface area contributed by atoms with E-state index in [0.717, 1.165) is 0 Å². The number of hydrogen-bond acceptors (Lipinski definition) is 2. The number of rotatable bonds is 5. The van der Waals surface area contributed by atoms with Gasteiger partial charge in [-0.2, -0.15) is 13.2 Å². The molecule has 0 heterocycles. The lowest BCUT2D eigenvalue weighted by molar-refractivity contribution is -0.138. The van der Waals surface area contributed by atoms with Crippen molar-refractivity contribution in [1.29, 1.82) is 0 Å². The van der Waals surface area contributed by atoms with Crippen LogP contribution in [0.15, 0.2) is 18.2 Å². The highest BCUT2D eigenvalue weighted by atomic mass is 19.4.